The van der Waals surface area contributed by atoms with Crippen molar-refractivity contribution in [3.63, 3.8) is 0 Å². The Bertz CT molecular complexity index is 671. The number of guanidine groups is 2. The number of hydrogen-bond donors (Lipinski definition) is 3. The van der Waals surface area contributed by atoms with E-state index in [0.29, 0.717) is 12.3 Å². The van der Waals surface area contributed by atoms with E-state index in [4.69, 9.17) is 21.9 Å². The lowest BCUT2D eigenvalue weighted by molar-refractivity contribution is 0.306. The third-order valence-electron chi connectivity index (χ3n) is 2.85. The molecule has 0 atom stereocenters. The van der Waals surface area contributed by atoms with Crippen molar-refractivity contribution in [2.45, 2.75) is 13.5 Å². The number of rotatable bonds is 4. The quantitative estimate of drug-likeness (QED) is 0.590. The second kappa shape index (κ2) is 7.12. The zero-order valence-corrected chi connectivity index (χ0v) is 12.4. The number of aryl methyl sites for hydroxylation is 1. The van der Waals surface area contributed by atoms with E-state index < -0.39 is 0 Å². The van der Waals surface area contributed by atoms with Gasteiger partial charge < -0.3 is 21.9 Å². The predicted molar refractivity (Wildman–Crippen MR) is 89.0 cm³/mol. The Morgan fingerprint density at radius 2 is 1.59 bits per heavy atom. The van der Waals surface area contributed by atoms with Gasteiger partial charge in [-0.2, -0.15) is 4.99 Å². The summed E-state index contributed by atoms with van der Waals surface area (Å²) in [6.07, 6.45) is 0. The number of nitrogens with two attached hydrogens (primary N) is 3. The third kappa shape index (κ3) is 4.82. The Balaban J connectivity index is 1.97. The van der Waals surface area contributed by atoms with Gasteiger partial charge in [0.05, 0.1) is 5.69 Å². The van der Waals surface area contributed by atoms with Crippen LogP contribution in [0, 0.1) is 6.92 Å². The molecule has 0 aliphatic heterocycles. The first-order valence-electron chi connectivity index (χ1n) is 6.75. The summed E-state index contributed by atoms with van der Waals surface area (Å²) in [6.45, 7) is 2.57. The molecule has 0 aliphatic rings. The number of aliphatic imine (C=N–C) groups is 2. The minimum atomic E-state index is -0.126. The first-order chi connectivity index (χ1) is 10.5. The maximum atomic E-state index is 5.71. The largest absolute Gasteiger partial charge is 0.489 e. The minimum absolute atomic E-state index is 0.00771. The molecule has 0 saturated heterocycles. The highest BCUT2D eigenvalue weighted by Crippen LogP contribution is 2.19. The normalized spacial score (nSPS) is 11.0. The average molecular weight is 297 g/mol. The molecule has 6 heteroatoms. The number of ether oxygens (including phenoxy) is 1. The molecule has 2 aromatic rings. The monoisotopic (exact) mass is 297 g/mol. The molecule has 6 N–H and O–H groups in total. The van der Waals surface area contributed by atoms with Crippen molar-refractivity contribution >= 4 is 17.6 Å². The fourth-order valence-electron chi connectivity index (χ4n) is 1.76. The van der Waals surface area contributed by atoms with Gasteiger partial charge in [0.15, 0.2) is 5.96 Å². The average Bonchev–Trinajstić information content (AvgIpc) is 2.47. The van der Waals surface area contributed by atoms with Crippen LogP contribution in [0.5, 0.6) is 5.75 Å². The van der Waals surface area contributed by atoms with Crippen molar-refractivity contribution in [3.05, 3.63) is 59.7 Å². The standard InChI is InChI=1S/C16H19N5O/c1-11-2-4-12(5-3-11)10-22-14-8-6-13(7-9-14)20-16(19)21-15(17)18/h2-9H,10H2,1H3,(H6,17,18,19,20,21). The second-order valence-electron chi connectivity index (χ2n) is 4.77. The van der Waals surface area contributed by atoms with Gasteiger partial charge in [-0.25, -0.2) is 4.99 Å². The van der Waals surface area contributed by atoms with Gasteiger partial charge in [-0.1, -0.05) is 29.8 Å². The maximum Gasteiger partial charge on any atom is 0.223 e. The van der Waals surface area contributed by atoms with E-state index in [0.717, 1.165) is 11.3 Å². The van der Waals surface area contributed by atoms with Gasteiger partial charge >= 0.3 is 0 Å². The summed E-state index contributed by atoms with van der Waals surface area (Å²) >= 11 is 0. The summed E-state index contributed by atoms with van der Waals surface area (Å²) in [6, 6.07) is 15.4. The van der Waals surface area contributed by atoms with E-state index in [1.165, 1.54) is 5.56 Å². The van der Waals surface area contributed by atoms with Crippen LogP contribution in [-0.4, -0.2) is 11.9 Å². The number of nitrogens with zero attached hydrogens (tertiary/aromatic N) is 2. The Morgan fingerprint density at radius 1 is 0.955 bits per heavy atom. The Labute approximate surface area is 129 Å². The molecule has 0 bridgehead atoms. The van der Waals surface area contributed by atoms with Crippen LogP contribution in [0.4, 0.5) is 5.69 Å². The fraction of sp³-hybridized carbons (Fsp3) is 0.125. The molecule has 0 aromatic heterocycles. The van der Waals surface area contributed by atoms with E-state index in [1.54, 1.807) is 12.1 Å². The minimum Gasteiger partial charge on any atom is -0.489 e. The molecule has 6 nitrogen and oxygen atoms in total. The molecule has 0 aliphatic carbocycles. The highest BCUT2D eigenvalue weighted by molar-refractivity contribution is 5.93. The first kappa shape index (κ1) is 15.4. The Morgan fingerprint density at radius 3 is 2.18 bits per heavy atom. The first-order valence-corrected chi connectivity index (χ1v) is 6.75. The van der Waals surface area contributed by atoms with Gasteiger partial charge in [0.1, 0.15) is 12.4 Å². The van der Waals surface area contributed by atoms with Crippen LogP contribution in [0.3, 0.4) is 0 Å². The van der Waals surface area contributed by atoms with E-state index >= 15 is 0 Å². The molecule has 114 valence electrons. The van der Waals surface area contributed by atoms with Crippen molar-refractivity contribution in [2.24, 2.45) is 27.2 Å². The van der Waals surface area contributed by atoms with Crippen LogP contribution in [0.2, 0.25) is 0 Å². The summed E-state index contributed by atoms with van der Waals surface area (Å²) in [7, 11) is 0. The van der Waals surface area contributed by atoms with Gasteiger partial charge in [0.2, 0.25) is 5.96 Å². The molecule has 0 amide bonds. The second-order valence-corrected chi connectivity index (χ2v) is 4.77. The van der Waals surface area contributed by atoms with Gasteiger partial charge in [0.25, 0.3) is 0 Å². The van der Waals surface area contributed by atoms with Crippen LogP contribution < -0.4 is 21.9 Å². The molecule has 0 fully saturated rings. The summed E-state index contributed by atoms with van der Waals surface area (Å²) < 4.78 is 5.71. The van der Waals surface area contributed by atoms with E-state index in [1.807, 2.05) is 24.3 Å². The van der Waals surface area contributed by atoms with Crippen molar-refractivity contribution in [1.29, 1.82) is 0 Å². The molecule has 2 rings (SSSR count). The maximum absolute atomic E-state index is 5.71. The van der Waals surface area contributed by atoms with E-state index in [2.05, 4.69) is 29.0 Å². The lowest BCUT2D eigenvalue weighted by Gasteiger charge is -2.06. The summed E-state index contributed by atoms with van der Waals surface area (Å²) in [5.41, 5.74) is 19.0. The fourth-order valence-corrected chi connectivity index (χ4v) is 1.76. The van der Waals surface area contributed by atoms with E-state index in [-0.39, 0.29) is 11.9 Å². The summed E-state index contributed by atoms with van der Waals surface area (Å²) in [5.74, 6) is 0.632. The lowest BCUT2D eigenvalue weighted by Crippen LogP contribution is -2.26. The Hall–Kier alpha value is -3.02. The zero-order valence-electron chi connectivity index (χ0n) is 12.4. The lowest BCUT2D eigenvalue weighted by atomic mass is 10.2. The molecule has 0 heterocycles. The molecule has 0 saturated carbocycles. The SMILES string of the molecule is Cc1ccc(COc2ccc(N=C(N)N=C(N)N)cc2)cc1. The summed E-state index contributed by atoms with van der Waals surface area (Å²) in [4.78, 5) is 7.71. The highest BCUT2D eigenvalue weighted by Gasteiger charge is 1.98. The van der Waals surface area contributed by atoms with Crippen LogP contribution in [0.25, 0.3) is 0 Å². The molecule has 0 radical (unpaired) electrons. The molecular formula is C16H19N5O. The number of hydrogen-bond acceptors (Lipinski definition) is 2. The molecular weight excluding hydrogens is 278 g/mol. The van der Waals surface area contributed by atoms with Crippen LogP contribution in [0.1, 0.15) is 11.1 Å². The zero-order chi connectivity index (χ0) is 15.9. The van der Waals surface area contributed by atoms with Crippen molar-refractivity contribution in [2.75, 3.05) is 0 Å². The molecule has 2 aromatic carbocycles. The molecule has 0 unspecified atom stereocenters. The van der Waals surface area contributed by atoms with Crippen molar-refractivity contribution in [3.8, 4) is 5.75 Å². The molecule has 0 spiro atoms. The van der Waals surface area contributed by atoms with Gasteiger partial charge in [-0.3, -0.25) is 0 Å². The topological polar surface area (TPSA) is 112 Å². The highest BCUT2D eigenvalue weighted by atomic mass is 16.5. The Kier molecular flexibility index (Phi) is 4.98. The van der Waals surface area contributed by atoms with Crippen molar-refractivity contribution in [1.82, 2.24) is 0 Å². The van der Waals surface area contributed by atoms with Gasteiger partial charge in [0, 0.05) is 0 Å². The van der Waals surface area contributed by atoms with E-state index in [9.17, 15) is 0 Å². The number of benzene rings is 2. The summed E-state index contributed by atoms with van der Waals surface area (Å²) in [5, 5.41) is 0. The van der Waals surface area contributed by atoms with Crippen LogP contribution in [-0.2, 0) is 6.61 Å². The van der Waals surface area contributed by atoms with Gasteiger partial charge in [-0.05, 0) is 36.8 Å². The predicted octanol–water partition coefficient (Wildman–Crippen LogP) is 1.79. The van der Waals surface area contributed by atoms with Crippen LogP contribution in [0.15, 0.2) is 58.5 Å². The smallest absolute Gasteiger partial charge is 0.223 e. The third-order valence-corrected chi connectivity index (χ3v) is 2.85. The molecule has 22 heavy (non-hydrogen) atoms. The van der Waals surface area contributed by atoms with Crippen LogP contribution >= 0.6 is 0 Å². The van der Waals surface area contributed by atoms with Gasteiger partial charge in [-0.15, -0.1) is 0 Å². The van der Waals surface area contributed by atoms with Crippen molar-refractivity contribution < 1.29 is 4.74 Å².